The molecule has 0 radical (unpaired) electrons. The zero-order valence-electron chi connectivity index (χ0n) is 10.7. The zero-order valence-corrected chi connectivity index (χ0v) is 10.7. The van der Waals surface area contributed by atoms with E-state index in [1.807, 2.05) is 24.3 Å². The number of benzene rings is 1. The summed E-state index contributed by atoms with van der Waals surface area (Å²) in [5.74, 6) is 2.27. The summed E-state index contributed by atoms with van der Waals surface area (Å²) in [5.41, 5.74) is 0.846. The van der Waals surface area contributed by atoms with Crippen LogP contribution in [0, 0.1) is 0 Å². The minimum atomic E-state index is -0.0831. The largest absolute Gasteiger partial charge is 0.496 e. The summed E-state index contributed by atoms with van der Waals surface area (Å²) >= 11 is 0. The van der Waals surface area contributed by atoms with Crippen LogP contribution >= 0.6 is 0 Å². The van der Waals surface area contributed by atoms with Crippen molar-refractivity contribution in [2.45, 2.75) is 26.2 Å². The van der Waals surface area contributed by atoms with E-state index in [2.05, 4.69) is 25.8 Å². The average molecular weight is 231 g/mol. The Labute approximate surface area is 101 Å². The lowest BCUT2D eigenvalue weighted by atomic mass is 9.97. The Hall–Kier alpha value is -1.77. The van der Waals surface area contributed by atoms with Gasteiger partial charge in [0.15, 0.2) is 11.7 Å². The molecule has 0 aliphatic carbocycles. The van der Waals surface area contributed by atoms with Gasteiger partial charge in [0.2, 0.25) is 0 Å². The second-order valence-corrected chi connectivity index (χ2v) is 4.98. The fourth-order valence-electron chi connectivity index (χ4n) is 1.59. The molecule has 0 aliphatic rings. The first-order valence-corrected chi connectivity index (χ1v) is 5.62. The molecule has 1 aromatic heterocycles. The molecule has 0 aliphatic heterocycles. The number of nitrogens with zero attached hydrogens (tertiary/aromatic N) is 1. The molecule has 0 amide bonds. The summed E-state index contributed by atoms with van der Waals surface area (Å²) in [5, 5.41) is 0. The Kier molecular flexibility index (Phi) is 2.92. The molecule has 0 spiro atoms. The Morgan fingerprint density at radius 1 is 1.18 bits per heavy atom. The molecule has 0 bridgehead atoms. The van der Waals surface area contributed by atoms with Crippen molar-refractivity contribution < 1.29 is 9.15 Å². The second-order valence-electron chi connectivity index (χ2n) is 4.98. The number of oxazole rings is 1. The van der Waals surface area contributed by atoms with Gasteiger partial charge >= 0.3 is 0 Å². The first-order chi connectivity index (χ1) is 8.02. The standard InChI is InChI=1S/C14H17NO2/c1-14(2,3)13-15-9-12(17-13)10-7-5-6-8-11(10)16-4/h5-9H,1-4H3. The number of hydrogen-bond donors (Lipinski definition) is 0. The van der Waals surface area contributed by atoms with Gasteiger partial charge in [-0.1, -0.05) is 32.9 Å². The van der Waals surface area contributed by atoms with Crippen molar-refractivity contribution in [3.63, 3.8) is 0 Å². The van der Waals surface area contributed by atoms with Gasteiger partial charge in [-0.25, -0.2) is 4.98 Å². The third-order valence-corrected chi connectivity index (χ3v) is 2.52. The van der Waals surface area contributed by atoms with E-state index < -0.39 is 0 Å². The van der Waals surface area contributed by atoms with Crippen molar-refractivity contribution in [3.8, 4) is 17.1 Å². The van der Waals surface area contributed by atoms with Crippen molar-refractivity contribution in [2.75, 3.05) is 7.11 Å². The predicted octanol–water partition coefficient (Wildman–Crippen LogP) is 3.65. The molecule has 2 rings (SSSR count). The average Bonchev–Trinajstić information content (AvgIpc) is 2.77. The number of aromatic nitrogens is 1. The van der Waals surface area contributed by atoms with E-state index in [0.717, 1.165) is 23.0 Å². The summed E-state index contributed by atoms with van der Waals surface area (Å²) in [4.78, 5) is 4.32. The third kappa shape index (κ3) is 2.33. The van der Waals surface area contributed by atoms with E-state index in [1.54, 1.807) is 13.3 Å². The Balaban J connectivity index is 2.44. The number of methoxy groups -OCH3 is 1. The second kappa shape index (κ2) is 4.24. The van der Waals surface area contributed by atoms with Crippen LogP contribution in [0.2, 0.25) is 0 Å². The lowest BCUT2D eigenvalue weighted by molar-refractivity contribution is 0.393. The SMILES string of the molecule is COc1ccccc1-c1cnc(C(C)(C)C)o1. The summed E-state index contributed by atoms with van der Waals surface area (Å²) in [6.45, 7) is 6.22. The minimum Gasteiger partial charge on any atom is -0.496 e. The van der Waals surface area contributed by atoms with Gasteiger partial charge < -0.3 is 9.15 Å². The van der Waals surface area contributed by atoms with Crippen molar-refractivity contribution in [3.05, 3.63) is 36.4 Å². The van der Waals surface area contributed by atoms with Gasteiger partial charge in [0.05, 0.1) is 18.9 Å². The molecule has 0 unspecified atom stereocenters. The van der Waals surface area contributed by atoms with Crippen LogP contribution in [0.15, 0.2) is 34.9 Å². The highest BCUT2D eigenvalue weighted by Crippen LogP contribution is 2.32. The van der Waals surface area contributed by atoms with Crippen LogP contribution in [0.25, 0.3) is 11.3 Å². The molecule has 3 heteroatoms. The molecule has 0 fully saturated rings. The normalized spacial score (nSPS) is 11.5. The zero-order chi connectivity index (χ0) is 12.5. The van der Waals surface area contributed by atoms with Gasteiger partial charge in [0, 0.05) is 5.41 Å². The van der Waals surface area contributed by atoms with Crippen LogP contribution in [0.1, 0.15) is 26.7 Å². The first-order valence-electron chi connectivity index (χ1n) is 5.62. The molecule has 17 heavy (non-hydrogen) atoms. The van der Waals surface area contributed by atoms with Gasteiger partial charge in [-0.15, -0.1) is 0 Å². The van der Waals surface area contributed by atoms with E-state index in [0.29, 0.717) is 0 Å². The molecule has 3 nitrogen and oxygen atoms in total. The highest BCUT2D eigenvalue weighted by atomic mass is 16.5. The maximum Gasteiger partial charge on any atom is 0.200 e. The molecular formula is C14H17NO2. The van der Waals surface area contributed by atoms with Crippen LogP contribution in [-0.4, -0.2) is 12.1 Å². The fourth-order valence-corrected chi connectivity index (χ4v) is 1.59. The number of ether oxygens (including phenoxy) is 1. The maximum atomic E-state index is 5.79. The Morgan fingerprint density at radius 3 is 2.47 bits per heavy atom. The molecule has 1 heterocycles. The van der Waals surface area contributed by atoms with Gasteiger partial charge in [-0.3, -0.25) is 0 Å². The molecule has 90 valence electrons. The van der Waals surface area contributed by atoms with Crippen LogP contribution < -0.4 is 4.74 Å². The van der Waals surface area contributed by atoms with E-state index in [9.17, 15) is 0 Å². The summed E-state index contributed by atoms with van der Waals surface area (Å²) in [6, 6.07) is 7.76. The summed E-state index contributed by atoms with van der Waals surface area (Å²) in [6.07, 6.45) is 1.75. The van der Waals surface area contributed by atoms with Gasteiger partial charge in [0.1, 0.15) is 5.75 Å². The minimum absolute atomic E-state index is 0.0831. The third-order valence-electron chi connectivity index (χ3n) is 2.52. The summed E-state index contributed by atoms with van der Waals surface area (Å²) in [7, 11) is 1.65. The molecule has 0 atom stereocenters. The molecule has 0 saturated heterocycles. The van der Waals surface area contributed by atoms with Crippen LogP contribution in [-0.2, 0) is 5.41 Å². The van der Waals surface area contributed by atoms with Gasteiger partial charge in [0.25, 0.3) is 0 Å². The predicted molar refractivity (Wildman–Crippen MR) is 67.2 cm³/mol. The van der Waals surface area contributed by atoms with Crippen molar-refractivity contribution in [1.29, 1.82) is 0 Å². The van der Waals surface area contributed by atoms with Gasteiger partial charge in [-0.05, 0) is 12.1 Å². The Morgan fingerprint density at radius 2 is 1.88 bits per heavy atom. The molecule has 2 aromatic rings. The van der Waals surface area contributed by atoms with E-state index in [-0.39, 0.29) is 5.41 Å². The molecule has 0 saturated carbocycles. The van der Waals surface area contributed by atoms with E-state index in [4.69, 9.17) is 9.15 Å². The number of rotatable bonds is 2. The highest BCUT2D eigenvalue weighted by Gasteiger charge is 2.21. The van der Waals surface area contributed by atoms with Crippen LogP contribution in [0.3, 0.4) is 0 Å². The van der Waals surface area contributed by atoms with Crippen molar-refractivity contribution >= 4 is 0 Å². The summed E-state index contributed by atoms with van der Waals surface area (Å²) < 4.78 is 11.1. The quantitative estimate of drug-likeness (QED) is 0.791. The molecular weight excluding hydrogens is 214 g/mol. The smallest absolute Gasteiger partial charge is 0.200 e. The lowest BCUT2D eigenvalue weighted by Gasteiger charge is -2.12. The monoisotopic (exact) mass is 231 g/mol. The Bertz CT molecular complexity index is 509. The van der Waals surface area contributed by atoms with Crippen molar-refractivity contribution in [1.82, 2.24) is 4.98 Å². The fraction of sp³-hybridized carbons (Fsp3) is 0.357. The van der Waals surface area contributed by atoms with E-state index >= 15 is 0 Å². The lowest BCUT2D eigenvalue weighted by Crippen LogP contribution is -2.10. The molecule has 1 aromatic carbocycles. The van der Waals surface area contributed by atoms with Gasteiger partial charge in [-0.2, -0.15) is 0 Å². The first kappa shape index (κ1) is 11.7. The van der Waals surface area contributed by atoms with Crippen LogP contribution in [0.4, 0.5) is 0 Å². The number of para-hydroxylation sites is 1. The topological polar surface area (TPSA) is 35.3 Å². The number of hydrogen-bond acceptors (Lipinski definition) is 3. The van der Waals surface area contributed by atoms with Crippen molar-refractivity contribution in [2.24, 2.45) is 0 Å². The van der Waals surface area contributed by atoms with Crippen LogP contribution in [0.5, 0.6) is 5.75 Å². The van der Waals surface area contributed by atoms with E-state index in [1.165, 1.54) is 0 Å². The highest BCUT2D eigenvalue weighted by molar-refractivity contribution is 5.65. The maximum absolute atomic E-state index is 5.79. The molecule has 0 N–H and O–H groups in total.